The summed E-state index contributed by atoms with van der Waals surface area (Å²) >= 11 is 0. The third-order valence-electron chi connectivity index (χ3n) is 0.833. The molecule has 1 aromatic heterocycles. The number of imidazole rings is 1. The van der Waals surface area contributed by atoms with E-state index < -0.39 is 0 Å². The molecular formula is C5H7N5. The molecule has 0 saturated carbocycles. The molecule has 0 aromatic carbocycles. The Morgan fingerprint density at radius 2 is 2.60 bits per heavy atom. The van der Waals surface area contributed by atoms with E-state index in [1.165, 1.54) is 12.7 Å². The zero-order chi connectivity index (χ0) is 7.23. The van der Waals surface area contributed by atoms with Crippen LogP contribution in [0, 0.1) is 0 Å². The van der Waals surface area contributed by atoms with Gasteiger partial charge in [-0.3, -0.25) is 0 Å². The molecule has 0 unspecified atom stereocenters. The van der Waals surface area contributed by atoms with Gasteiger partial charge in [-0.2, -0.15) is 0 Å². The van der Waals surface area contributed by atoms with Crippen molar-refractivity contribution in [2.45, 2.75) is 0 Å². The van der Waals surface area contributed by atoms with Gasteiger partial charge in [0, 0.05) is 0 Å². The van der Waals surface area contributed by atoms with Crippen LogP contribution in [0.1, 0.15) is 0 Å². The van der Waals surface area contributed by atoms with Crippen LogP contribution in [0.5, 0.6) is 0 Å². The lowest BCUT2D eigenvalue weighted by molar-refractivity contribution is 1.30. The molecule has 5 heteroatoms. The highest BCUT2D eigenvalue weighted by Gasteiger charge is 1.82. The van der Waals surface area contributed by atoms with Crippen molar-refractivity contribution in [3.05, 3.63) is 12.5 Å². The van der Waals surface area contributed by atoms with Crippen LogP contribution < -0.4 is 5.73 Å². The second-order valence-electron chi connectivity index (χ2n) is 1.48. The van der Waals surface area contributed by atoms with Gasteiger partial charge in [-0.1, -0.05) is 0 Å². The third-order valence-corrected chi connectivity index (χ3v) is 0.833. The van der Waals surface area contributed by atoms with Crippen LogP contribution in [0.4, 0.5) is 5.82 Å². The van der Waals surface area contributed by atoms with Gasteiger partial charge >= 0.3 is 0 Å². The minimum atomic E-state index is 0.658. The maximum atomic E-state index is 4.96. The van der Waals surface area contributed by atoms with Crippen LogP contribution in [0.25, 0.3) is 0 Å². The van der Waals surface area contributed by atoms with Crippen LogP contribution >= 0.6 is 0 Å². The Hall–Kier alpha value is -1.65. The predicted molar refractivity (Wildman–Crippen MR) is 39.4 cm³/mol. The lowest BCUT2D eigenvalue weighted by Crippen LogP contribution is -1.87. The first-order chi connectivity index (χ1) is 4.93. The number of aromatic amines is 1. The molecule has 0 aliphatic rings. The van der Waals surface area contributed by atoms with Crippen molar-refractivity contribution in [2.75, 3.05) is 0 Å². The summed E-state index contributed by atoms with van der Waals surface area (Å²) in [5.74, 6) is 0.658. The molecular weight excluding hydrogens is 130 g/mol. The number of H-pyrrole nitrogens is 1. The molecule has 0 amide bonds. The van der Waals surface area contributed by atoms with Gasteiger partial charge in [-0.05, 0) is 0 Å². The molecule has 52 valence electrons. The second kappa shape index (κ2) is 3.39. The van der Waals surface area contributed by atoms with Crippen molar-refractivity contribution < 1.29 is 0 Å². The highest BCUT2D eigenvalue weighted by molar-refractivity contribution is 5.71. The molecule has 0 radical (unpaired) electrons. The van der Waals surface area contributed by atoms with E-state index in [1.54, 1.807) is 12.5 Å². The molecule has 0 spiro atoms. The van der Waals surface area contributed by atoms with Gasteiger partial charge < -0.3 is 10.7 Å². The van der Waals surface area contributed by atoms with Crippen LogP contribution in [0.2, 0.25) is 0 Å². The van der Waals surface area contributed by atoms with Crippen LogP contribution in [-0.4, -0.2) is 22.6 Å². The number of aromatic nitrogens is 2. The molecule has 0 bridgehead atoms. The van der Waals surface area contributed by atoms with Crippen molar-refractivity contribution in [1.29, 1.82) is 0 Å². The standard InChI is InChI=1S/C5H7N5/c6-2-8-4-10-5-1-7-3-9-5/h1-4H,(H,7,9)(H2,6,8,10). The first-order valence-corrected chi connectivity index (χ1v) is 2.68. The lowest BCUT2D eigenvalue weighted by atomic mass is 10.8. The van der Waals surface area contributed by atoms with Crippen molar-refractivity contribution >= 4 is 18.5 Å². The Morgan fingerprint density at radius 1 is 1.70 bits per heavy atom. The second-order valence-corrected chi connectivity index (χ2v) is 1.48. The van der Waals surface area contributed by atoms with E-state index in [0.29, 0.717) is 5.82 Å². The summed E-state index contributed by atoms with van der Waals surface area (Å²) in [4.78, 5) is 13.9. The first-order valence-electron chi connectivity index (χ1n) is 2.68. The van der Waals surface area contributed by atoms with Gasteiger partial charge in [-0.25, -0.2) is 15.0 Å². The minimum absolute atomic E-state index is 0.658. The average molecular weight is 137 g/mol. The van der Waals surface area contributed by atoms with Gasteiger partial charge in [0.25, 0.3) is 0 Å². The minimum Gasteiger partial charge on any atom is -0.390 e. The Bertz CT molecular complexity index is 222. The maximum Gasteiger partial charge on any atom is 0.151 e. The van der Waals surface area contributed by atoms with E-state index in [-0.39, 0.29) is 0 Å². The summed E-state index contributed by atoms with van der Waals surface area (Å²) in [5, 5.41) is 0. The van der Waals surface area contributed by atoms with E-state index in [9.17, 15) is 0 Å². The highest BCUT2D eigenvalue weighted by Crippen LogP contribution is 2.00. The van der Waals surface area contributed by atoms with E-state index in [2.05, 4.69) is 20.0 Å². The van der Waals surface area contributed by atoms with Crippen molar-refractivity contribution in [3.63, 3.8) is 0 Å². The summed E-state index contributed by atoms with van der Waals surface area (Å²) in [7, 11) is 0. The largest absolute Gasteiger partial charge is 0.390 e. The Morgan fingerprint density at radius 3 is 3.20 bits per heavy atom. The number of hydrogen-bond donors (Lipinski definition) is 2. The number of nitrogens with one attached hydrogen (secondary N) is 1. The van der Waals surface area contributed by atoms with Crippen molar-refractivity contribution in [2.24, 2.45) is 15.7 Å². The molecule has 0 saturated heterocycles. The molecule has 1 rings (SSSR count). The summed E-state index contributed by atoms with van der Waals surface area (Å²) in [6.07, 6.45) is 5.63. The molecule has 1 aromatic rings. The monoisotopic (exact) mass is 137 g/mol. The van der Waals surface area contributed by atoms with Gasteiger partial charge in [0.15, 0.2) is 5.82 Å². The fourth-order valence-electron chi connectivity index (χ4n) is 0.453. The number of nitrogens with two attached hydrogens (primary N) is 1. The first kappa shape index (κ1) is 6.47. The summed E-state index contributed by atoms with van der Waals surface area (Å²) in [6.45, 7) is 0. The normalized spacial score (nSPS) is 11.6. The SMILES string of the molecule is NC=N/C=N\c1cnc[nH]1. The van der Waals surface area contributed by atoms with Crippen LogP contribution in [-0.2, 0) is 0 Å². The van der Waals surface area contributed by atoms with E-state index in [0.717, 1.165) is 0 Å². The smallest absolute Gasteiger partial charge is 0.151 e. The zero-order valence-electron chi connectivity index (χ0n) is 5.23. The van der Waals surface area contributed by atoms with Gasteiger partial charge in [0.2, 0.25) is 0 Å². The molecule has 10 heavy (non-hydrogen) atoms. The number of hydrogen-bond acceptors (Lipinski definition) is 2. The van der Waals surface area contributed by atoms with Gasteiger partial charge in [-0.15, -0.1) is 0 Å². The Labute approximate surface area is 57.7 Å². The summed E-state index contributed by atoms with van der Waals surface area (Å²) in [5.41, 5.74) is 4.96. The quantitative estimate of drug-likeness (QED) is 0.446. The highest BCUT2D eigenvalue weighted by atomic mass is 15.0. The predicted octanol–water partition coefficient (Wildman–Crippen LogP) is 0.0565. The van der Waals surface area contributed by atoms with E-state index in [1.807, 2.05) is 0 Å². The van der Waals surface area contributed by atoms with E-state index in [4.69, 9.17) is 5.73 Å². The Kier molecular flexibility index (Phi) is 2.19. The van der Waals surface area contributed by atoms with Crippen molar-refractivity contribution in [1.82, 2.24) is 9.97 Å². The molecule has 3 N–H and O–H groups in total. The number of rotatable bonds is 2. The molecule has 0 aliphatic carbocycles. The summed E-state index contributed by atoms with van der Waals surface area (Å²) in [6, 6.07) is 0. The lowest BCUT2D eigenvalue weighted by Gasteiger charge is -1.78. The fourth-order valence-corrected chi connectivity index (χ4v) is 0.453. The number of nitrogens with zero attached hydrogens (tertiary/aromatic N) is 3. The van der Waals surface area contributed by atoms with Gasteiger partial charge in [0.05, 0.1) is 18.9 Å². The topological polar surface area (TPSA) is 79.4 Å². The van der Waals surface area contributed by atoms with Crippen LogP contribution in [0.3, 0.4) is 0 Å². The third kappa shape index (κ3) is 1.70. The number of aliphatic imine (C=N–C) groups is 2. The zero-order valence-corrected chi connectivity index (χ0v) is 5.23. The molecule has 1 heterocycles. The summed E-state index contributed by atoms with van der Waals surface area (Å²) < 4.78 is 0. The average Bonchev–Trinajstić information content (AvgIpc) is 2.41. The molecule has 0 fully saturated rings. The molecule has 0 atom stereocenters. The van der Waals surface area contributed by atoms with Crippen molar-refractivity contribution in [3.8, 4) is 0 Å². The molecule has 0 aliphatic heterocycles. The van der Waals surface area contributed by atoms with Crippen LogP contribution in [0.15, 0.2) is 22.5 Å². The fraction of sp³-hybridized carbons (Fsp3) is 0. The Balaban J connectivity index is 2.55. The van der Waals surface area contributed by atoms with Gasteiger partial charge in [0.1, 0.15) is 6.34 Å². The molecule has 5 nitrogen and oxygen atoms in total. The van der Waals surface area contributed by atoms with E-state index >= 15 is 0 Å². The maximum absolute atomic E-state index is 4.96.